The summed E-state index contributed by atoms with van der Waals surface area (Å²) in [4.78, 5) is 18.9. The molecule has 2 aliphatic heterocycles. The molecule has 6 nitrogen and oxygen atoms in total. The second-order valence-electron chi connectivity index (χ2n) is 6.74. The van der Waals surface area contributed by atoms with E-state index in [4.69, 9.17) is 25.5 Å². The maximum Gasteiger partial charge on any atom is 0.275 e. The van der Waals surface area contributed by atoms with Crippen molar-refractivity contribution in [2.24, 2.45) is 0 Å². The number of morpholine rings is 1. The molecule has 2 saturated heterocycles. The molecule has 3 heterocycles. The SMILES string of the molecule is O=C(c1coc(C2CCOCC2)n1)N1CCOC(c2ccc(F)c(Cl)c2)C1. The zero-order chi connectivity index (χ0) is 18.8. The molecule has 4 rings (SSSR count). The molecule has 2 aliphatic rings. The molecule has 2 fully saturated rings. The maximum atomic E-state index is 13.4. The first-order chi connectivity index (χ1) is 13.1. The highest BCUT2D eigenvalue weighted by Gasteiger charge is 2.29. The molecule has 0 saturated carbocycles. The van der Waals surface area contributed by atoms with Crippen LogP contribution in [0.1, 0.15) is 46.8 Å². The van der Waals surface area contributed by atoms with E-state index in [1.165, 1.54) is 18.4 Å². The minimum atomic E-state index is -0.479. The van der Waals surface area contributed by atoms with E-state index in [1.54, 1.807) is 11.0 Å². The van der Waals surface area contributed by atoms with E-state index in [0.717, 1.165) is 18.4 Å². The molecule has 0 aliphatic carbocycles. The largest absolute Gasteiger partial charge is 0.448 e. The van der Waals surface area contributed by atoms with Crippen LogP contribution in [0.4, 0.5) is 4.39 Å². The lowest BCUT2D eigenvalue weighted by Crippen LogP contribution is -2.42. The van der Waals surface area contributed by atoms with Crippen molar-refractivity contribution in [3.8, 4) is 0 Å². The molecular formula is C19H20ClFN2O4. The highest BCUT2D eigenvalue weighted by Crippen LogP contribution is 2.28. The summed E-state index contributed by atoms with van der Waals surface area (Å²) >= 11 is 5.86. The number of hydrogen-bond donors (Lipinski definition) is 0. The van der Waals surface area contributed by atoms with Crippen LogP contribution in [0, 0.1) is 5.82 Å². The molecule has 1 atom stereocenters. The predicted octanol–water partition coefficient (Wildman–Crippen LogP) is 3.57. The molecule has 1 amide bonds. The van der Waals surface area contributed by atoms with Gasteiger partial charge in [0.05, 0.1) is 18.2 Å². The minimum absolute atomic E-state index is 0.0390. The Balaban J connectivity index is 1.45. The Bertz CT molecular complexity index is 822. The van der Waals surface area contributed by atoms with E-state index in [-0.39, 0.29) is 23.0 Å². The average Bonchev–Trinajstić information content (AvgIpc) is 3.20. The molecule has 1 aromatic heterocycles. The third kappa shape index (κ3) is 4.00. The van der Waals surface area contributed by atoms with Gasteiger partial charge in [0.1, 0.15) is 18.2 Å². The van der Waals surface area contributed by atoms with Crippen LogP contribution in [0.15, 0.2) is 28.9 Å². The summed E-state index contributed by atoms with van der Waals surface area (Å²) in [7, 11) is 0. The zero-order valence-electron chi connectivity index (χ0n) is 14.7. The quantitative estimate of drug-likeness (QED) is 0.796. The van der Waals surface area contributed by atoms with E-state index < -0.39 is 5.82 Å². The molecule has 2 aromatic rings. The molecular weight excluding hydrogens is 375 g/mol. The molecule has 0 radical (unpaired) electrons. The molecule has 0 bridgehead atoms. The van der Waals surface area contributed by atoms with Crippen molar-refractivity contribution < 1.29 is 23.1 Å². The lowest BCUT2D eigenvalue weighted by molar-refractivity contribution is -0.0230. The van der Waals surface area contributed by atoms with Gasteiger partial charge in [0.2, 0.25) is 0 Å². The van der Waals surface area contributed by atoms with Gasteiger partial charge in [-0.1, -0.05) is 17.7 Å². The van der Waals surface area contributed by atoms with Gasteiger partial charge in [0, 0.05) is 25.7 Å². The number of ether oxygens (including phenoxy) is 2. The fourth-order valence-electron chi connectivity index (χ4n) is 3.43. The molecule has 0 N–H and O–H groups in total. The van der Waals surface area contributed by atoms with Crippen molar-refractivity contribution >= 4 is 17.5 Å². The molecule has 27 heavy (non-hydrogen) atoms. The third-order valence-corrected chi connectivity index (χ3v) is 5.27. The summed E-state index contributed by atoms with van der Waals surface area (Å²) in [5.41, 5.74) is 1.04. The van der Waals surface area contributed by atoms with E-state index in [0.29, 0.717) is 44.5 Å². The van der Waals surface area contributed by atoms with Crippen LogP contribution in [-0.2, 0) is 9.47 Å². The van der Waals surface area contributed by atoms with Gasteiger partial charge < -0.3 is 18.8 Å². The average molecular weight is 395 g/mol. The summed E-state index contributed by atoms with van der Waals surface area (Å²) in [5.74, 6) is 0.113. The molecule has 0 spiro atoms. The number of nitrogens with zero attached hydrogens (tertiary/aromatic N) is 2. The summed E-state index contributed by atoms with van der Waals surface area (Å²) in [6.07, 6.45) is 2.76. The van der Waals surface area contributed by atoms with Crippen LogP contribution in [0.5, 0.6) is 0 Å². The van der Waals surface area contributed by atoms with Gasteiger partial charge >= 0.3 is 0 Å². The first kappa shape index (κ1) is 18.4. The third-order valence-electron chi connectivity index (χ3n) is 4.98. The van der Waals surface area contributed by atoms with Crippen molar-refractivity contribution in [3.63, 3.8) is 0 Å². The second-order valence-corrected chi connectivity index (χ2v) is 7.15. The fourth-order valence-corrected chi connectivity index (χ4v) is 3.62. The van der Waals surface area contributed by atoms with Crippen LogP contribution < -0.4 is 0 Å². The first-order valence-electron chi connectivity index (χ1n) is 9.01. The Morgan fingerprint density at radius 2 is 2.07 bits per heavy atom. The molecule has 8 heteroatoms. The van der Waals surface area contributed by atoms with E-state index in [9.17, 15) is 9.18 Å². The van der Waals surface area contributed by atoms with E-state index >= 15 is 0 Å². The van der Waals surface area contributed by atoms with Crippen LogP contribution in [0.25, 0.3) is 0 Å². The van der Waals surface area contributed by atoms with E-state index in [2.05, 4.69) is 4.98 Å². The number of carbonyl (C=O) groups excluding carboxylic acids is 1. The van der Waals surface area contributed by atoms with Crippen molar-refractivity contribution in [2.75, 3.05) is 32.9 Å². The standard InChI is InChI=1S/C19H20ClFN2O4/c20-14-9-13(1-2-15(14)21)17-10-23(5-8-26-17)19(24)16-11-27-18(22-16)12-3-6-25-7-4-12/h1-2,9,11-12,17H,3-8,10H2. The fraction of sp³-hybridized carbons (Fsp3) is 0.474. The first-order valence-corrected chi connectivity index (χ1v) is 9.38. The van der Waals surface area contributed by atoms with Crippen molar-refractivity contribution in [2.45, 2.75) is 24.9 Å². The maximum absolute atomic E-state index is 13.4. The summed E-state index contributed by atoms with van der Waals surface area (Å²) in [6.45, 7) is 2.56. The predicted molar refractivity (Wildman–Crippen MR) is 95.3 cm³/mol. The topological polar surface area (TPSA) is 64.8 Å². The van der Waals surface area contributed by atoms with Gasteiger partial charge in [-0.2, -0.15) is 0 Å². The Kier molecular flexibility index (Phi) is 5.43. The van der Waals surface area contributed by atoms with Gasteiger partial charge in [0.15, 0.2) is 11.6 Å². The van der Waals surface area contributed by atoms with E-state index in [1.807, 2.05) is 0 Å². The lowest BCUT2D eigenvalue weighted by Gasteiger charge is -2.32. The smallest absolute Gasteiger partial charge is 0.275 e. The second kappa shape index (κ2) is 7.96. The van der Waals surface area contributed by atoms with Gasteiger partial charge in [-0.05, 0) is 30.5 Å². The monoisotopic (exact) mass is 394 g/mol. The summed E-state index contributed by atoms with van der Waals surface area (Å²) in [5, 5.41) is 0.0390. The Morgan fingerprint density at radius 3 is 2.85 bits per heavy atom. The van der Waals surface area contributed by atoms with Gasteiger partial charge in [-0.3, -0.25) is 4.79 Å². The van der Waals surface area contributed by atoms with Gasteiger partial charge in [-0.15, -0.1) is 0 Å². The van der Waals surface area contributed by atoms with Crippen molar-refractivity contribution in [1.29, 1.82) is 0 Å². The number of amides is 1. The normalized spacial score (nSPS) is 21.4. The number of rotatable bonds is 3. The number of carbonyl (C=O) groups is 1. The molecule has 144 valence electrons. The summed E-state index contributed by atoms with van der Waals surface area (Å²) in [6, 6.07) is 4.47. The number of oxazole rings is 1. The number of hydrogen-bond acceptors (Lipinski definition) is 5. The zero-order valence-corrected chi connectivity index (χ0v) is 15.5. The Morgan fingerprint density at radius 1 is 1.26 bits per heavy atom. The van der Waals surface area contributed by atoms with Crippen LogP contribution in [0.3, 0.4) is 0 Å². The molecule has 1 aromatic carbocycles. The van der Waals surface area contributed by atoms with Crippen LogP contribution in [0.2, 0.25) is 5.02 Å². The Hall–Kier alpha value is -1.96. The highest BCUT2D eigenvalue weighted by atomic mass is 35.5. The van der Waals surface area contributed by atoms with Gasteiger partial charge in [0.25, 0.3) is 5.91 Å². The van der Waals surface area contributed by atoms with Crippen LogP contribution >= 0.6 is 11.6 Å². The van der Waals surface area contributed by atoms with Crippen molar-refractivity contribution in [1.82, 2.24) is 9.88 Å². The van der Waals surface area contributed by atoms with Crippen LogP contribution in [-0.4, -0.2) is 48.7 Å². The highest BCUT2D eigenvalue weighted by molar-refractivity contribution is 6.30. The Labute approximate surface area is 161 Å². The lowest BCUT2D eigenvalue weighted by atomic mass is 10.0. The minimum Gasteiger partial charge on any atom is -0.448 e. The number of halogens is 2. The summed E-state index contributed by atoms with van der Waals surface area (Å²) < 4.78 is 30.0. The number of aromatic nitrogens is 1. The molecule has 1 unspecified atom stereocenters. The van der Waals surface area contributed by atoms with Gasteiger partial charge in [-0.25, -0.2) is 9.37 Å². The van der Waals surface area contributed by atoms with Crippen molar-refractivity contribution in [3.05, 3.63) is 52.5 Å². The number of benzene rings is 1.